The van der Waals surface area contributed by atoms with Gasteiger partial charge in [-0.2, -0.15) is 0 Å². The van der Waals surface area contributed by atoms with Crippen LogP contribution in [0, 0.1) is 0 Å². The Kier molecular flexibility index (Phi) is 24.7. The fraction of sp³-hybridized carbons (Fsp3) is 1.00. The summed E-state index contributed by atoms with van der Waals surface area (Å²) < 4.78 is 78.8. The molecule has 0 saturated carbocycles. The van der Waals surface area contributed by atoms with Crippen LogP contribution >= 0.6 is 60.8 Å². The Morgan fingerprint density at radius 2 is 0.400 bits per heavy atom. The van der Waals surface area contributed by atoms with Gasteiger partial charge in [-0.3, -0.25) is 36.5 Å². The fourth-order valence-corrected chi connectivity index (χ4v) is 8.64. The predicted octanol–water partition coefficient (Wildman–Crippen LogP) is -3.55. The van der Waals surface area contributed by atoms with Gasteiger partial charge < -0.3 is 89.8 Å². The van der Waals surface area contributed by atoms with Crippen LogP contribution in [0.25, 0.3) is 0 Å². The molecule has 0 aliphatic heterocycles. The van der Waals surface area contributed by atoms with Gasteiger partial charge in [0.25, 0.3) is 0 Å². The molecule has 20 N–H and O–H groups in total. The lowest BCUT2D eigenvalue weighted by Crippen LogP contribution is -2.25. The van der Waals surface area contributed by atoms with E-state index in [1.54, 1.807) is 6.92 Å². The molecule has 0 atom stereocenters. The van der Waals surface area contributed by atoms with Crippen LogP contribution in [-0.2, 0) is 36.5 Å². The lowest BCUT2D eigenvalue weighted by molar-refractivity contribution is 0.352. The molecule has 0 unspecified atom stereocenters. The van der Waals surface area contributed by atoms with Crippen LogP contribution < -0.4 is 11.5 Å². The Balaban J connectivity index is -0.000000130. The molecule has 26 nitrogen and oxygen atoms in total. The monoisotopic (exact) mass is 764 g/mol. The zero-order chi connectivity index (χ0) is 34.4. The third kappa shape index (κ3) is 90.1. The predicted molar refractivity (Wildman–Crippen MR) is 134 cm³/mol. The lowest BCUT2D eigenvalue weighted by atomic mass is 10.7. The number of nitrogens with two attached hydrogens (primary N) is 2. The summed E-state index contributed by atoms with van der Waals surface area (Å²) in [5, 5.41) is 0. The number of rotatable bonds is 8. The highest BCUT2D eigenvalue weighted by atomic mass is 31.3. The first kappa shape index (κ1) is 50.7. The van der Waals surface area contributed by atoms with E-state index >= 15 is 0 Å². The van der Waals surface area contributed by atoms with Crippen molar-refractivity contribution in [2.75, 3.05) is 23.6 Å². The molecule has 0 aliphatic rings. The van der Waals surface area contributed by atoms with Crippen molar-refractivity contribution in [1.82, 2.24) is 0 Å². The van der Waals surface area contributed by atoms with E-state index in [4.69, 9.17) is 89.8 Å². The zero-order valence-electron chi connectivity index (χ0n) is 19.6. The summed E-state index contributed by atoms with van der Waals surface area (Å²) in [6, 6.07) is 0. The van der Waals surface area contributed by atoms with E-state index < -0.39 is 84.4 Å². The Labute approximate surface area is 224 Å². The summed E-state index contributed by atoms with van der Waals surface area (Å²) in [5.41, 5.74) is 9.78. The lowest BCUT2D eigenvalue weighted by Gasteiger charge is -2.03. The normalized spacial score (nSPS) is 13.3. The van der Waals surface area contributed by atoms with Gasteiger partial charge in [0.15, 0.2) is 23.6 Å². The molecule has 0 radical (unpaired) electrons. The maximum absolute atomic E-state index is 9.85. The van der Waals surface area contributed by atoms with Crippen LogP contribution in [-0.4, -0.2) is 108 Å². The first-order valence-corrected chi connectivity index (χ1v) is 22.8. The van der Waals surface area contributed by atoms with Crippen LogP contribution in [0.5, 0.6) is 0 Å². The second kappa shape index (κ2) is 19.5. The van der Waals surface area contributed by atoms with E-state index in [1.807, 2.05) is 0 Å². The first-order chi connectivity index (χ1) is 16.6. The largest absolute Gasteiger partial charge is 0.337 e. The molecule has 0 aromatic carbocycles. The van der Waals surface area contributed by atoms with Crippen LogP contribution in [0.15, 0.2) is 0 Å². The highest BCUT2D eigenvalue weighted by Gasteiger charge is 2.28. The van der Waals surface area contributed by atoms with E-state index in [0.29, 0.717) is 0 Å². The Bertz CT molecular complexity index is 834. The van der Waals surface area contributed by atoms with Crippen LogP contribution in [0.3, 0.4) is 0 Å². The van der Waals surface area contributed by atoms with Gasteiger partial charge in [0.2, 0.25) is 0 Å². The maximum atomic E-state index is 9.85. The summed E-state index contributed by atoms with van der Waals surface area (Å²) >= 11 is 0. The quantitative estimate of drug-likeness (QED) is 0.0840. The summed E-state index contributed by atoms with van der Waals surface area (Å²) in [7, 11) is -36.4. The molecule has 0 saturated heterocycles. The van der Waals surface area contributed by atoms with Crippen molar-refractivity contribution in [2.45, 2.75) is 13.1 Å². The van der Waals surface area contributed by atoms with Crippen molar-refractivity contribution in [1.29, 1.82) is 0 Å². The highest BCUT2D eigenvalue weighted by molar-refractivity contribution is 7.70. The van der Waals surface area contributed by atoms with Gasteiger partial charge in [-0.05, 0) is 6.92 Å². The second-order valence-corrected chi connectivity index (χ2v) is 21.9. The van der Waals surface area contributed by atoms with Crippen molar-refractivity contribution in [3.05, 3.63) is 0 Å². The topological polar surface area (TPSA) is 512 Å². The molecule has 0 heterocycles. The van der Waals surface area contributed by atoms with E-state index in [9.17, 15) is 36.5 Å². The molecule has 0 fully saturated rings. The van der Waals surface area contributed by atoms with Crippen LogP contribution in [0.4, 0.5) is 0 Å². The van der Waals surface area contributed by atoms with Crippen LogP contribution in [0.2, 0.25) is 0 Å². The number of hydrogen-bond donors (Lipinski definition) is 18. The van der Waals surface area contributed by atoms with Crippen molar-refractivity contribution in [2.24, 2.45) is 11.5 Å². The van der Waals surface area contributed by atoms with Gasteiger partial charge in [-0.25, -0.2) is 0 Å². The molecular weight excluding hydrogens is 732 g/mol. The van der Waals surface area contributed by atoms with Gasteiger partial charge >= 0.3 is 60.8 Å². The number of hydrogen-bond acceptors (Lipinski definition) is 10. The minimum atomic E-state index is -4.55. The SMILES string of the molecule is CC(N)N.O=P(O)(O)CP(=O)(O)O.O=P(O)(O)CP(=O)(O)O.O=P(O)(O)CP(=O)(O)O.O=P(O)(O)CP(=O)(O)O. The molecule has 0 rings (SSSR count). The molecule has 0 amide bonds. The fourth-order valence-electron chi connectivity index (χ4n) is 0.960. The Morgan fingerprint density at radius 1 is 0.350 bits per heavy atom. The summed E-state index contributed by atoms with van der Waals surface area (Å²) in [4.78, 5) is 128. The van der Waals surface area contributed by atoms with E-state index in [0.717, 1.165) is 0 Å². The average Bonchev–Trinajstić information content (AvgIpc) is 2.29. The molecule has 40 heavy (non-hydrogen) atoms. The van der Waals surface area contributed by atoms with Crippen molar-refractivity contribution in [3.63, 3.8) is 0 Å². The maximum Gasteiger partial charge on any atom is 0.337 e. The van der Waals surface area contributed by atoms with Gasteiger partial charge in [0, 0.05) is 6.17 Å². The minimum Gasteiger partial charge on any atom is -0.324 e. The molecular formula is C6H32N2O24P8. The Morgan fingerprint density at radius 3 is 0.400 bits per heavy atom. The standard InChI is InChI=1S/C2H8N2.4CH6O6P2/c1-2(3)4;4*2-8(3,4)1-9(5,6)7/h2H,3-4H2,1H3;4*1H2,(H2,2,3,4)(H2,5,6,7). The van der Waals surface area contributed by atoms with E-state index in [-0.39, 0.29) is 6.17 Å². The van der Waals surface area contributed by atoms with E-state index in [1.165, 1.54) is 0 Å². The highest BCUT2D eigenvalue weighted by Crippen LogP contribution is 2.53. The molecule has 34 heteroatoms. The van der Waals surface area contributed by atoms with E-state index in [2.05, 4.69) is 0 Å². The van der Waals surface area contributed by atoms with Crippen molar-refractivity contribution >= 4 is 60.8 Å². The average molecular weight is 764 g/mol. The molecule has 0 aromatic heterocycles. The smallest absolute Gasteiger partial charge is 0.324 e. The summed E-state index contributed by atoms with van der Waals surface area (Å²) in [5.74, 6) is -5.50. The Hall–Kier alpha value is 1.12. The molecule has 0 spiro atoms. The third-order valence-electron chi connectivity index (χ3n) is 1.47. The van der Waals surface area contributed by atoms with Gasteiger partial charge in [0.1, 0.15) is 0 Å². The van der Waals surface area contributed by atoms with Gasteiger partial charge in [-0.15, -0.1) is 0 Å². The van der Waals surface area contributed by atoms with Gasteiger partial charge in [-0.1, -0.05) is 0 Å². The zero-order valence-corrected chi connectivity index (χ0v) is 26.7. The molecule has 250 valence electrons. The van der Waals surface area contributed by atoms with Crippen LogP contribution in [0.1, 0.15) is 6.92 Å². The van der Waals surface area contributed by atoms with Crippen molar-refractivity contribution in [3.8, 4) is 0 Å². The molecule has 0 aromatic rings. The third-order valence-corrected chi connectivity index (χ3v) is 13.3. The van der Waals surface area contributed by atoms with Gasteiger partial charge in [0.05, 0.1) is 0 Å². The first-order valence-electron chi connectivity index (χ1n) is 8.43. The molecule has 0 aliphatic carbocycles. The summed E-state index contributed by atoms with van der Waals surface area (Å²) in [6.45, 7) is 1.72. The minimum absolute atomic E-state index is 0.167. The summed E-state index contributed by atoms with van der Waals surface area (Å²) in [6.07, 6.45) is -0.167. The molecule has 0 bridgehead atoms. The van der Waals surface area contributed by atoms with Crippen molar-refractivity contribution < 1.29 is 115 Å². The second-order valence-electron chi connectivity index (χ2n) is 6.74.